The molecule has 88 valence electrons. The van der Waals surface area contributed by atoms with Crippen LogP contribution >= 0.6 is 0 Å². The molecule has 3 unspecified atom stereocenters. The number of Topliss-reactive ketones (excluding diaryl/α,β-unsaturated/α-hetero) is 1. The van der Waals surface area contributed by atoms with E-state index in [2.05, 4.69) is 33.4 Å². The Morgan fingerprint density at radius 1 is 1.56 bits per heavy atom. The van der Waals surface area contributed by atoms with E-state index < -0.39 is 0 Å². The average Bonchev–Trinajstić information content (AvgIpc) is 2.16. The van der Waals surface area contributed by atoms with E-state index >= 15 is 0 Å². The molecule has 0 aromatic heterocycles. The number of allylic oxidation sites excluding steroid dienone is 3. The van der Waals surface area contributed by atoms with Crippen molar-refractivity contribution in [3.05, 3.63) is 23.8 Å². The first-order valence-electron chi connectivity index (χ1n) is 6.31. The fourth-order valence-electron chi connectivity index (χ4n) is 3.56. The predicted octanol–water partition coefficient (Wildman–Crippen LogP) is 3.90. The van der Waals surface area contributed by atoms with Gasteiger partial charge >= 0.3 is 0 Å². The van der Waals surface area contributed by atoms with Crippen LogP contribution in [0.1, 0.15) is 46.5 Å². The van der Waals surface area contributed by atoms with Gasteiger partial charge in [0.15, 0.2) is 0 Å². The molecule has 0 radical (unpaired) electrons. The highest BCUT2D eigenvalue weighted by atomic mass is 16.1. The molecule has 3 aliphatic carbocycles. The highest BCUT2D eigenvalue weighted by molar-refractivity contribution is 5.95. The van der Waals surface area contributed by atoms with Crippen molar-refractivity contribution in [2.75, 3.05) is 0 Å². The van der Waals surface area contributed by atoms with Crippen LogP contribution in [0, 0.1) is 17.3 Å². The molecule has 0 aromatic carbocycles. The summed E-state index contributed by atoms with van der Waals surface area (Å²) < 4.78 is 0. The first kappa shape index (κ1) is 11.6. The summed E-state index contributed by atoms with van der Waals surface area (Å²) in [5, 5.41) is 0. The van der Waals surface area contributed by atoms with Gasteiger partial charge in [-0.1, -0.05) is 30.7 Å². The quantitative estimate of drug-likeness (QED) is 0.656. The van der Waals surface area contributed by atoms with Crippen molar-refractivity contribution in [1.82, 2.24) is 0 Å². The number of fused-ring (bicyclic) bond motifs is 2. The van der Waals surface area contributed by atoms with Gasteiger partial charge in [0.25, 0.3) is 0 Å². The zero-order chi connectivity index (χ0) is 11.9. The lowest BCUT2D eigenvalue weighted by atomic mass is 9.44. The number of hydrogen-bond donors (Lipinski definition) is 0. The predicted molar refractivity (Wildman–Crippen MR) is 67.1 cm³/mol. The molecule has 2 bridgehead atoms. The first-order valence-corrected chi connectivity index (χ1v) is 6.31. The van der Waals surface area contributed by atoms with E-state index in [1.54, 1.807) is 0 Å². The van der Waals surface area contributed by atoms with E-state index in [9.17, 15) is 4.79 Å². The Bertz CT molecular complexity index is 352. The van der Waals surface area contributed by atoms with E-state index in [0.29, 0.717) is 11.7 Å². The minimum absolute atomic E-state index is 0.178. The fraction of sp³-hybridized carbons (Fsp3) is 0.667. The Labute approximate surface area is 98.6 Å². The van der Waals surface area contributed by atoms with E-state index in [-0.39, 0.29) is 11.3 Å². The molecular formula is C15H22O. The van der Waals surface area contributed by atoms with Crippen molar-refractivity contribution in [2.24, 2.45) is 17.3 Å². The van der Waals surface area contributed by atoms with Crippen LogP contribution in [-0.2, 0) is 4.79 Å². The van der Waals surface area contributed by atoms with Crippen molar-refractivity contribution < 1.29 is 4.79 Å². The fourth-order valence-corrected chi connectivity index (χ4v) is 3.56. The van der Waals surface area contributed by atoms with E-state index in [1.807, 2.05) is 0 Å². The normalized spacial score (nSPS) is 36.9. The van der Waals surface area contributed by atoms with E-state index in [4.69, 9.17) is 0 Å². The minimum Gasteiger partial charge on any atom is -0.299 e. The summed E-state index contributed by atoms with van der Waals surface area (Å²) in [5.41, 5.74) is 2.78. The van der Waals surface area contributed by atoms with Crippen molar-refractivity contribution in [1.29, 1.82) is 0 Å². The average molecular weight is 218 g/mol. The molecule has 0 spiro atoms. The SMILES string of the molecule is C=C1CCC2C(=O)C1C2(C)CCC=C(C)C. The van der Waals surface area contributed by atoms with Crippen molar-refractivity contribution in [3.63, 3.8) is 0 Å². The Balaban J connectivity index is 2.06. The molecule has 1 nitrogen and oxygen atoms in total. The first-order chi connectivity index (χ1) is 7.47. The van der Waals surface area contributed by atoms with Gasteiger partial charge in [0.05, 0.1) is 0 Å². The Kier molecular flexibility index (Phi) is 2.81. The molecule has 0 saturated heterocycles. The van der Waals surface area contributed by atoms with Crippen LogP contribution in [0.5, 0.6) is 0 Å². The lowest BCUT2D eigenvalue weighted by Crippen LogP contribution is -2.59. The van der Waals surface area contributed by atoms with E-state index in [0.717, 1.165) is 25.7 Å². The van der Waals surface area contributed by atoms with E-state index in [1.165, 1.54) is 11.1 Å². The summed E-state index contributed by atoms with van der Waals surface area (Å²) in [5.74, 6) is 0.973. The topological polar surface area (TPSA) is 17.1 Å². The van der Waals surface area contributed by atoms with Gasteiger partial charge in [-0.3, -0.25) is 4.79 Å². The highest BCUT2D eigenvalue weighted by Crippen LogP contribution is 2.60. The molecule has 1 heteroatoms. The van der Waals surface area contributed by atoms with Crippen molar-refractivity contribution >= 4 is 5.78 Å². The molecular weight excluding hydrogens is 196 g/mol. The molecule has 0 aliphatic heterocycles. The maximum Gasteiger partial charge on any atom is 0.144 e. The summed E-state index contributed by atoms with van der Waals surface area (Å²) in [4.78, 5) is 11.9. The molecule has 3 fully saturated rings. The highest BCUT2D eigenvalue weighted by Gasteiger charge is 2.60. The van der Waals surface area contributed by atoms with Gasteiger partial charge in [0.2, 0.25) is 0 Å². The summed E-state index contributed by atoms with van der Waals surface area (Å²) in [6.07, 6.45) is 6.63. The summed E-state index contributed by atoms with van der Waals surface area (Å²) in [6, 6.07) is 0. The smallest absolute Gasteiger partial charge is 0.144 e. The number of carbonyl (C=O) groups is 1. The summed E-state index contributed by atoms with van der Waals surface area (Å²) in [6.45, 7) is 10.6. The summed E-state index contributed by atoms with van der Waals surface area (Å²) in [7, 11) is 0. The molecule has 0 amide bonds. The van der Waals surface area contributed by atoms with Crippen molar-refractivity contribution in [2.45, 2.75) is 46.5 Å². The third-order valence-electron chi connectivity index (χ3n) is 4.48. The minimum atomic E-state index is 0.178. The van der Waals surface area contributed by atoms with Gasteiger partial charge in [-0.2, -0.15) is 0 Å². The Morgan fingerprint density at radius 3 is 2.75 bits per heavy atom. The maximum atomic E-state index is 11.9. The molecule has 3 atom stereocenters. The van der Waals surface area contributed by atoms with Crippen LogP contribution in [0.25, 0.3) is 0 Å². The van der Waals surface area contributed by atoms with Crippen LogP contribution in [0.2, 0.25) is 0 Å². The van der Waals surface area contributed by atoms with Crippen LogP contribution in [-0.4, -0.2) is 5.78 Å². The molecule has 0 N–H and O–H groups in total. The van der Waals surface area contributed by atoms with Crippen LogP contribution in [0.15, 0.2) is 23.8 Å². The second-order valence-corrected chi connectivity index (χ2v) is 5.91. The van der Waals surface area contributed by atoms with Gasteiger partial charge in [-0.15, -0.1) is 0 Å². The van der Waals surface area contributed by atoms with Crippen LogP contribution < -0.4 is 0 Å². The molecule has 3 aliphatic rings. The molecule has 16 heavy (non-hydrogen) atoms. The van der Waals surface area contributed by atoms with Gasteiger partial charge < -0.3 is 0 Å². The summed E-state index contributed by atoms with van der Waals surface area (Å²) >= 11 is 0. The number of ketones is 1. The van der Waals surface area contributed by atoms with Crippen LogP contribution in [0.3, 0.4) is 0 Å². The number of carbonyl (C=O) groups excluding carboxylic acids is 1. The van der Waals surface area contributed by atoms with Gasteiger partial charge in [-0.25, -0.2) is 0 Å². The molecule has 0 aromatic rings. The van der Waals surface area contributed by atoms with Gasteiger partial charge in [-0.05, 0) is 44.9 Å². The third-order valence-corrected chi connectivity index (χ3v) is 4.48. The molecule has 3 saturated carbocycles. The lowest BCUT2D eigenvalue weighted by Gasteiger charge is -2.57. The van der Waals surface area contributed by atoms with Crippen LogP contribution in [0.4, 0.5) is 0 Å². The maximum absolute atomic E-state index is 11.9. The lowest BCUT2D eigenvalue weighted by molar-refractivity contribution is -0.156. The third kappa shape index (κ3) is 1.57. The second kappa shape index (κ2) is 3.87. The zero-order valence-corrected chi connectivity index (χ0v) is 10.7. The Morgan fingerprint density at radius 2 is 2.25 bits per heavy atom. The van der Waals surface area contributed by atoms with Gasteiger partial charge in [0.1, 0.15) is 5.78 Å². The van der Waals surface area contributed by atoms with Crippen molar-refractivity contribution in [3.8, 4) is 0 Å². The second-order valence-electron chi connectivity index (χ2n) is 5.91. The number of rotatable bonds is 3. The Hall–Kier alpha value is -0.850. The zero-order valence-electron chi connectivity index (χ0n) is 10.7. The largest absolute Gasteiger partial charge is 0.299 e. The molecule has 0 heterocycles. The standard InChI is InChI=1S/C15H22O/c1-10(2)6-5-9-15(4)12-8-7-11(3)13(15)14(12)16/h6,12-13H,3,5,7-9H2,1-2,4H3. The number of hydrogen-bond acceptors (Lipinski definition) is 1. The monoisotopic (exact) mass is 218 g/mol. The van der Waals surface area contributed by atoms with Gasteiger partial charge in [0, 0.05) is 11.8 Å². The molecule has 3 rings (SSSR count).